The van der Waals surface area contributed by atoms with Crippen molar-refractivity contribution in [2.45, 2.75) is 59.0 Å². The number of anilines is 2. The molecular weight excluding hydrogens is 268 g/mol. The van der Waals surface area contributed by atoms with Crippen molar-refractivity contribution in [2.24, 2.45) is 11.8 Å². The summed E-state index contributed by atoms with van der Waals surface area (Å²) in [6, 6.07) is 0.241. The highest BCUT2D eigenvalue weighted by Crippen LogP contribution is 2.32. The lowest BCUT2D eigenvalue weighted by atomic mass is 9.78. The van der Waals surface area contributed by atoms with Crippen molar-refractivity contribution in [3.8, 4) is 0 Å². The summed E-state index contributed by atoms with van der Waals surface area (Å²) < 4.78 is 1.39. The molecule has 1 aromatic rings. The van der Waals surface area contributed by atoms with Crippen LogP contribution in [0.4, 0.5) is 11.5 Å². The minimum Gasteiger partial charge on any atom is -0.383 e. The number of hydrogen-bond acceptors (Lipinski definition) is 4. The van der Waals surface area contributed by atoms with Gasteiger partial charge in [0.05, 0.1) is 0 Å². The Bertz CT molecular complexity index is 603. The van der Waals surface area contributed by atoms with E-state index in [0.717, 1.165) is 12.8 Å². The lowest BCUT2D eigenvalue weighted by Crippen LogP contribution is -2.40. The van der Waals surface area contributed by atoms with Gasteiger partial charge in [0, 0.05) is 12.6 Å². The van der Waals surface area contributed by atoms with Crippen LogP contribution in [-0.2, 0) is 6.54 Å². The first kappa shape index (κ1) is 15.7. The van der Waals surface area contributed by atoms with E-state index in [-0.39, 0.29) is 11.9 Å². The van der Waals surface area contributed by atoms with Gasteiger partial charge in [-0.05, 0) is 31.6 Å². The molecule has 1 aromatic heterocycles. The number of H-pyrrole nitrogens is 1. The highest BCUT2D eigenvalue weighted by Gasteiger charge is 2.28. The van der Waals surface area contributed by atoms with Crippen LogP contribution in [0.15, 0.2) is 9.59 Å². The Kier molecular flexibility index (Phi) is 4.75. The van der Waals surface area contributed by atoms with E-state index in [4.69, 9.17) is 5.73 Å². The number of nitrogens with zero attached hydrogens (tertiary/aromatic N) is 1. The Morgan fingerprint density at radius 2 is 2.00 bits per heavy atom. The first-order chi connectivity index (χ1) is 9.95. The topological polar surface area (TPSA) is 92.9 Å². The van der Waals surface area contributed by atoms with Gasteiger partial charge < -0.3 is 11.1 Å². The summed E-state index contributed by atoms with van der Waals surface area (Å²) >= 11 is 0. The number of aromatic amines is 1. The number of nitrogens with one attached hydrogen (secondary N) is 2. The Hall–Kier alpha value is -1.72. The summed E-state index contributed by atoms with van der Waals surface area (Å²) in [5, 5.41) is 3.32. The van der Waals surface area contributed by atoms with Gasteiger partial charge in [0.1, 0.15) is 11.5 Å². The van der Waals surface area contributed by atoms with Crippen LogP contribution in [0.5, 0.6) is 0 Å². The molecule has 0 amide bonds. The van der Waals surface area contributed by atoms with Crippen molar-refractivity contribution in [3.63, 3.8) is 0 Å². The third-order valence-electron chi connectivity index (χ3n) is 4.56. The van der Waals surface area contributed by atoms with Gasteiger partial charge in [-0.2, -0.15) is 0 Å². The maximum Gasteiger partial charge on any atom is 0.330 e. The summed E-state index contributed by atoms with van der Waals surface area (Å²) in [4.78, 5) is 26.1. The standard InChI is InChI=1S/C15H26N4O2/c1-4-19-13(16)12(14(20)18-15(19)21)17-11-8-6-5-7-10(11)9(2)3/h9-11,17H,4-8,16H2,1-3H3,(H,18,20,21). The third-order valence-corrected chi connectivity index (χ3v) is 4.56. The van der Waals surface area contributed by atoms with E-state index in [0.29, 0.717) is 24.1 Å². The Morgan fingerprint density at radius 1 is 1.33 bits per heavy atom. The second kappa shape index (κ2) is 6.37. The fourth-order valence-corrected chi connectivity index (χ4v) is 3.36. The summed E-state index contributed by atoms with van der Waals surface area (Å²) in [6.45, 7) is 6.70. The first-order valence-electron chi connectivity index (χ1n) is 7.84. The van der Waals surface area contributed by atoms with Crippen LogP contribution >= 0.6 is 0 Å². The van der Waals surface area contributed by atoms with Crippen LogP contribution in [0, 0.1) is 11.8 Å². The summed E-state index contributed by atoms with van der Waals surface area (Å²) in [5.74, 6) is 1.32. The zero-order valence-corrected chi connectivity index (χ0v) is 13.1. The largest absolute Gasteiger partial charge is 0.383 e. The highest BCUT2D eigenvalue weighted by molar-refractivity contribution is 5.61. The minimum absolute atomic E-state index is 0.235. The second-order valence-electron chi connectivity index (χ2n) is 6.21. The van der Waals surface area contributed by atoms with Crippen LogP contribution in [0.2, 0.25) is 0 Å². The molecule has 1 fully saturated rings. The molecule has 1 saturated carbocycles. The van der Waals surface area contributed by atoms with Crippen LogP contribution in [0.3, 0.4) is 0 Å². The molecule has 2 unspecified atom stereocenters. The van der Waals surface area contributed by atoms with Crippen molar-refractivity contribution in [3.05, 3.63) is 20.8 Å². The summed E-state index contributed by atoms with van der Waals surface area (Å²) in [5.41, 5.74) is 5.49. The maximum atomic E-state index is 12.1. The average molecular weight is 294 g/mol. The van der Waals surface area contributed by atoms with E-state index in [2.05, 4.69) is 24.1 Å². The van der Waals surface area contributed by atoms with Gasteiger partial charge in [-0.1, -0.05) is 26.7 Å². The Balaban J connectivity index is 2.34. The molecule has 1 aliphatic carbocycles. The van der Waals surface area contributed by atoms with Crippen LogP contribution in [0.25, 0.3) is 0 Å². The van der Waals surface area contributed by atoms with E-state index < -0.39 is 11.2 Å². The normalized spacial score (nSPS) is 22.5. The molecule has 118 valence electrons. The van der Waals surface area contributed by atoms with Crippen molar-refractivity contribution in [1.82, 2.24) is 9.55 Å². The van der Waals surface area contributed by atoms with E-state index in [1.807, 2.05) is 6.92 Å². The first-order valence-corrected chi connectivity index (χ1v) is 7.84. The molecule has 0 saturated heterocycles. The van der Waals surface area contributed by atoms with Gasteiger partial charge in [-0.15, -0.1) is 0 Å². The summed E-state index contributed by atoms with van der Waals surface area (Å²) in [6.07, 6.45) is 4.60. The molecule has 0 bridgehead atoms. The number of hydrogen-bond donors (Lipinski definition) is 3. The number of aromatic nitrogens is 2. The maximum absolute atomic E-state index is 12.1. The lowest BCUT2D eigenvalue weighted by molar-refractivity contribution is 0.253. The van der Waals surface area contributed by atoms with E-state index in [9.17, 15) is 9.59 Å². The van der Waals surface area contributed by atoms with E-state index in [1.165, 1.54) is 17.4 Å². The quantitative estimate of drug-likeness (QED) is 0.789. The molecule has 6 nitrogen and oxygen atoms in total. The highest BCUT2D eigenvalue weighted by atomic mass is 16.2. The summed E-state index contributed by atoms with van der Waals surface area (Å²) in [7, 11) is 0. The lowest BCUT2D eigenvalue weighted by Gasteiger charge is -2.35. The molecule has 2 rings (SSSR count). The fraction of sp³-hybridized carbons (Fsp3) is 0.733. The Labute approximate surface area is 124 Å². The molecule has 1 heterocycles. The Morgan fingerprint density at radius 3 is 2.62 bits per heavy atom. The van der Waals surface area contributed by atoms with Gasteiger partial charge in [-0.3, -0.25) is 14.3 Å². The van der Waals surface area contributed by atoms with Gasteiger partial charge in [0.15, 0.2) is 0 Å². The van der Waals surface area contributed by atoms with E-state index in [1.54, 1.807) is 0 Å². The van der Waals surface area contributed by atoms with Gasteiger partial charge in [0.25, 0.3) is 5.56 Å². The van der Waals surface area contributed by atoms with Gasteiger partial charge >= 0.3 is 5.69 Å². The van der Waals surface area contributed by atoms with Crippen LogP contribution in [-0.4, -0.2) is 15.6 Å². The predicted molar refractivity (Wildman–Crippen MR) is 85.6 cm³/mol. The van der Waals surface area contributed by atoms with Crippen LogP contribution in [0.1, 0.15) is 46.5 Å². The zero-order valence-electron chi connectivity index (χ0n) is 13.1. The van der Waals surface area contributed by atoms with E-state index >= 15 is 0 Å². The molecule has 2 atom stereocenters. The molecule has 21 heavy (non-hydrogen) atoms. The number of nitrogen functional groups attached to an aromatic ring is 1. The van der Waals surface area contributed by atoms with Crippen molar-refractivity contribution in [2.75, 3.05) is 11.1 Å². The smallest absolute Gasteiger partial charge is 0.330 e. The SMILES string of the molecule is CCn1c(N)c(NC2CCCCC2C(C)C)c(=O)[nH]c1=O. The van der Waals surface area contributed by atoms with Crippen molar-refractivity contribution < 1.29 is 0 Å². The average Bonchev–Trinajstić information content (AvgIpc) is 2.44. The zero-order chi connectivity index (χ0) is 15.6. The monoisotopic (exact) mass is 294 g/mol. The molecule has 1 aliphatic rings. The van der Waals surface area contributed by atoms with Crippen molar-refractivity contribution >= 4 is 11.5 Å². The predicted octanol–water partition coefficient (Wildman–Crippen LogP) is 1.77. The number of rotatable bonds is 4. The third kappa shape index (κ3) is 3.14. The molecule has 0 aliphatic heterocycles. The molecule has 6 heteroatoms. The molecular formula is C15H26N4O2. The van der Waals surface area contributed by atoms with Crippen molar-refractivity contribution in [1.29, 1.82) is 0 Å². The number of nitrogens with two attached hydrogens (primary N) is 1. The van der Waals surface area contributed by atoms with Crippen LogP contribution < -0.4 is 22.3 Å². The second-order valence-corrected chi connectivity index (χ2v) is 6.21. The fourth-order valence-electron chi connectivity index (χ4n) is 3.36. The molecule has 0 radical (unpaired) electrons. The minimum atomic E-state index is -0.449. The molecule has 4 N–H and O–H groups in total. The van der Waals surface area contributed by atoms with Gasteiger partial charge in [-0.25, -0.2) is 4.79 Å². The molecule has 0 aromatic carbocycles. The van der Waals surface area contributed by atoms with Gasteiger partial charge in [0.2, 0.25) is 0 Å². The molecule has 0 spiro atoms.